The van der Waals surface area contributed by atoms with Crippen molar-refractivity contribution < 1.29 is 9.47 Å². The Morgan fingerprint density at radius 3 is 2.50 bits per heavy atom. The summed E-state index contributed by atoms with van der Waals surface area (Å²) in [5, 5.41) is 11.3. The third-order valence-electron chi connectivity index (χ3n) is 3.46. The Hall–Kier alpha value is -1.47. The van der Waals surface area contributed by atoms with Gasteiger partial charge in [-0.1, -0.05) is 0 Å². The quantitative estimate of drug-likeness (QED) is 0.203. The molecule has 0 radical (unpaired) electrons. The second kappa shape index (κ2) is 9.74. The lowest BCUT2D eigenvalue weighted by molar-refractivity contribution is 0.319. The first kappa shape index (κ1) is 20.6. The molecule has 1 aromatic rings. The molecule has 1 atom stereocenters. The summed E-state index contributed by atoms with van der Waals surface area (Å²) in [7, 11) is 1.57. The van der Waals surface area contributed by atoms with E-state index in [1.54, 1.807) is 14.0 Å². The van der Waals surface area contributed by atoms with E-state index in [1.165, 1.54) is 6.20 Å². The van der Waals surface area contributed by atoms with Crippen LogP contribution in [0.3, 0.4) is 0 Å². The van der Waals surface area contributed by atoms with Crippen LogP contribution in [0.4, 0.5) is 5.69 Å². The summed E-state index contributed by atoms with van der Waals surface area (Å²) in [6.45, 7) is 5.69. The molecule has 0 saturated heterocycles. The lowest BCUT2D eigenvalue weighted by Crippen LogP contribution is -2.11. The van der Waals surface area contributed by atoms with E-state index < -0.39 is 0 Å². The topological polar surface area (TPSA) is 106 Å². The van der Waals surface area contributed by atoms with Gasteiger partial charge in [0.05, 0.1) is 18.4 Å². The van der Waals surface area contributed by atoms with Crippen molar-refractivity contribution in [3.63, 3.8) is 0 Å². The molecule has 1 unspecified atom stereocenters. The molecule has 0 saturated carbocycles. The van der Waals surface area contributed by atoms with Gasteiger partial charge in [-0.05, 0) is 66.7 Å². The van der Waals surface area contributed by atoms with Gasteiger partial charge in [-0.2, -0.15) is 0 Å². The summed E-state index contributed by atoms with van der Waals surface area (Å²) in [6.07, 6.45) is 2.00. The van der Waals surface area contributed by atoms with Crippen molar-refractivity contribution in [2.24, 2.45) is 11.5 Å². The monoisotopic (exact) mass is 462 g/mol. The summed E-state index contributed by atoms with van der Waals surface area (Å²) in [5.41, 5.74) is 15.8. The summed E-state index contributed by atoms with van der Waals surface area (Å²) in [5.74, 6) is 1.09. The molecular formula is C16H24IN4O2P. The molecule has 6 N–H and O–H groups in total. The van der Waals surface area contributed by atoms with Crippen LogP contribution in [0, 0.1) is 5.41 Å². The van der Waals surface area contributed by atoms with E-state index in [4.69, 9.17) is 26.4 Å². The van der Waals surface area contributed by atoms with Gasteiger partial charge in [0.2, 0.25) is 0 Å². The normalized spacial score (nSPS) is 13.0. The summed E-state index contributed by atoms with van der Waals surface area (Å²) >= 11 is 2.24. The zero-order valence-electron chi connectivity index (χ0n) is 14.3. The van der Waals surface area contributed by atoms with Gasteiger partial charge < -0.3 is 31.4 Å². The Bertz CT molecular complexity index is 670. The van der Waals surface area contributed by atoms with E-state index in [0.29, 0.717) is 34.8 Å². The van der Waals surface area contributed by atoms with Crippen LogP contribution in [0.15, 0.2) is 35.2 Å². The number of allylic oxidation sites excluding steroid dienone is 1. The zero-order chi connectivity index (χ0) is 18.3. The van der Waals surface area contributed by atoms with E-state index in [1.807, 2.05) is 26.0 Å². The van der Waals surface area contributed by atoms with Gasteiger partial charge >= 0.3 is 0 Å². The maximum Gasteiger partial charge on any atom is 0.171 e. The third-order valence-corrected chi connectivity index (χ3v) is 4.63. The third kappa shape index (κ3) is 5.01. The van der Waals surface area contributed by atoms with Crippen LogP contribution in [0.1, 0.15) is 26.3 Å². The van der Waals surface area contributed by atoms with Crippen LogP contribution in [0.2, 0.25) is 0 Å². The van der Waals surface area contributed by atoms with E-state index in [2.05, 4.69) is 27.1 Å². The van der Waals surface area contributed by atoms with Crippen molar-refractivity contribution in [1.82, 2.24) is 0 Å². The number of halogens is 1. The highest BCUT2D eigenvalue weighted by atomic mass is 127. The lowest BCUT2D eigenvalue weighted by Gasteiger charge is -2.19. The predicted molar refractivity (Wildman–Crippen MR) is 112 cm³/mol. The second-order valence-electron chi connectivity index (χ2n) is 5.16. The Labute approximate surface area is 157 Å². The molecule has 0 bridgehead atoms. The highest BCUT2D eigenvalue weighted by Crippen LogP contribution is 2.39. The van der Waals surface area contributed by atoms with Crippen molar-refractivity contribution in [3.05, 3.63) is 40.7 Å². The molecule has 0 amide bonds. The van der Waals surface area contributed by atoms with Gasteiger partial charge in [-0.25, -0.2) is 0 Å². The van der Waals surface area contributed by atoms with Gasteiger partial charge in [-0.3, -0.25) is 0 Å². The number of methoxy groups -OCH3 is 1. The fourth-order valence-electron chi connectivity index (χ4n) is 2.20. The summed E-state index contributed by atoms with van der Waals surface area (Å²) < 4.78 is 11.4. The van der Waals surface area contributed by atoms with Crippen molar-refractivity contribution in [2.75, 3.05) is 18.8 Å². The Morgan fingerprint density at radius 2 is 2.04 bits per heavy atom. The molecule has 132 valence electrons. The van der Waals surface area contributed by atoms with Crippen molar-refractivity contribution >= 4 is 39.8 Å². The van der Waals surface area contributed by atoms with Gasteiger partial charge in [-0.15, -0.1) is 0 Å². The average molecular weight is 462 g/mol. The molecule has 0 heterocycles. The Balaban J connectivity index is 3.24. The number of hydrogen-bond donors (Lipinski definition) is 4. The minimum Gasteiger partial charge on any atom is -0.492 e. The molecule has 0 fully saturated rings. The first-order valence-electron chi connectivity index (χ1n) is 7.22. The number of ether oxygens (including phenoxy) is 2. The van der Waals surface area contributed by atoms with E-state index in [0.717, 1.165) is 16.8 Å². The molecule has 6 nitrogen and oxygen atoms in total. The summed E-state index contributed by atoms with van der Waals surface area (Å²) in [6, 6.07) is 3.72. The molecule has 1 rings (SSSR count). The van der Waals surface area contributed by atoms with E-state index >= 15 is 0 Å². The minimum atomic E-state index is 0.273. The fourth-order valence-corrected chi connectivity index (χ4v) is 3.38. The van der Waals surface area contributed by atoms with Gasteiger partial charge in [0.25, 0.3) is 0 Å². The van der Waals surface area contributed by atoms with Crippen LogP contribution in [0.5, 0.6) is 11.5 Å². The smallest absolute Gasteiger partial charge is 0.171 e. The van der Waals surface area contributed by atoms with Crippen molar-refractivity contribution in [1.29, 1.82) is 5.41 Å². The number of rotatable bonds is 8. The van der Waals surface area contributed by atoms with Gasteiger partial charge in [0.15, 0.2) is 11.5 Å². The Morgan fingerprint density at radius 1 is 1.38 bits per heavy atom. The molecule has 8 heteroatoms. The SMILES string of the molecule is COc1c(OCC(=C(C)N)/C(C)=C\N)ccc(NPI)c1C(C)=N. The number of benzene rings is 1. The first-order valence-corrected chi connectivity index (χ1v) is 11.3. The molecule has 0 aromatic heterocycles. The molecule has 0 aliphatic carbocycles. The van der Waals surface area contributed by atoms with Crippen LogP contribution in [0.25, 0.3) is 0 Å². The molecular weight excluding hydrogens is 438 g/mol. The second-order valence-corrected chi connectivity index (χ2v) is 7.22. The standard InChI is InChI=1S/C16H24IN4O2P/c1-9(7-18)12(10(2)19)8-23-14-6-5-13(21-24-17)15(11(3)20)16(14)22-4/h5-7,20-21,24H,8,18-19H2,1-4H3/b9-7-,12-10?,20-11?. The van der Waals surface area contributed by atoms with Gasteiger partial charge in [0, 0.05) is 23.4 Å². The van der Waals surface area contributed by atoms with Crippen LogP contribution in [-0.2, 0) is 0 Å². The molecule has 0 spiro atoms. The Kier molecular flexibility index (Phi) is 8.35. The zero-order valence-corrected chi connectivity index (χ0v) is 17.4. The van der Waals surface area contributed by atoms with Crippen molar-refractivity contribution in [3.8, 4) is 11.5 Å². The number of hydrogen-bond acceptors (Lipinski definition) is 6. The van der Waals surface area contributed by atoms with Crippen LogP contribution >= 0.6 is 28.4 Å². The van der Waals surface area contributed by atoms with Crippen molar-refractivity contribution in [2.45, 2.75) is 20.8 Å². The van der Waals surface area contributed by atoms with E-state index in [-0.39, 0.29) is 6.61 Å². The first-order chi connectivity index (χ1) is 11.4. The number of nitrogens with one attached hydrogen (secondary N) is 2. The molecule has 0 aliphatic rings. The van der Waals surface area contributed by atoms with Gasteiger partial charge in [0.1, 0.15) is 6.61 Å². The molecule has 1 aromatic carbocycles. The molecule has 24 heavy (non-hydrogen) atoms. The van der Waals surface area contributed by atoms with E-state index in [9.17, 15) is 0 Å². The predicted octanol–water partition coefficient (Wildman–Crippen LogP) is 3.91. The number of anilines is 1. The lowest BCUT2D eigenvalue weighted by atomic mass is 10.1. The molecule has 0 aliphatic heterocycles. The fraction of sp³-hybridized carbons (Fsp3) is 0.312. The number of nitrogens with two attached hydrogens (primary N) is 2. The average Bonchev–Trinajstić information content (AvgIpc) is 2.54. The minimum absolute atomic E-state index is 0.273. The van der Waals surface area contributed by atoms with Crippen LogP contribution in [-0.4, -0.2) is 19.4 Å². The summed E-state index contributed by atoms with van der Waals surface area (Å²) in [4.78, 5) is 0. The van der Waals surface area contributed by atoms with Crippen LogP contribution < -0.4 is 26.0 Å². The largest absolute Gasteiger partial charge is 0.492 e. The highest BCUT2D eigenvalue weighted by molar-refractivity contribution is 14.2. The maximum atomic E-state index is 8.05. The highest BCUT2D eigenvalue weighted by Gasteiger charge is 2.17. The maximum absolute atomic E-state index is 8.05.